The predicted molar refractivity (Wildman–Crippen MR) is 86.5 cm³/mol. The maximum Gasteiger partial charge on any atom is 0.243 e. The van der Waals surface area contributed by atoms with Gasteiger partial charge in [-0.25, -0.2) is 4.98 Å². The monoisotopic (exact) mass is 305 g/mol. The number of nitrogens with zero attached hydrogens (tertiary/aromatic N) is 2. The van der Waals surface area contributed by atoms with Gasteiger partial charge in [-0.15, -0.1) is 0 Å². The summed E-state index contributed by atoms with van der Waals surface area (Å²) >= 11 is 6.13. The van der Waals surface area contributed by atoms with E-state index >= 15 is 0 Å². The van der Waals surface area contributed by atoms with E-state index in [0.717, 1.165) is 29.8 Å². The smallest absolute Gasteiger partial charge is 0.243 e. The van der Waals surface area contributed by atoms with Crippen LogP contribution in [0.4, 0.5) is 5.95 Å². The van der Waals surface area contributed by atoms with Crippen LogP contribution in [0, 0.1) is 20.8 Å². The lowest BCUT2D eigenvalue weighted by atomic mass is 10.1. The zero-order valence-corrected chi connectivity index (χ0v) is 13.6. The van der Waals surface area contributed by atoms with Crippen molar-refractivity contribution in [3.8, 4) is 11.6 Å². The van der Waals surface area contributed by atoms with Crippen molar-refractivity contribution in [2.24, 2.45) is 0 Å². The second-order valence-corrected chi connectivity index (χ2v) is 5.49. The van der Waals surface area contributed by atoms with E-state index in [9.17, 15) is 0 Å². The van der Waals surface area contributed by atoms with E-state index in [1.165, 1.54) is 5.56 Å². The first-order valence-corrected chi connectivity index (χ1v) is 7.41. The Balaban J connectivity index is 2.30. The van der Waals surface area contributed by atoms with Crippen LogP contribution in [0.2, 0.25) is 5.02 Å². The highest BCUT2D eigenvalue weighted by molar-refractivity contribution is 6.31. The van der Waals surface area contributed by atoms with Crippen molar-refractivity contribution in [1.82, 2.24) is 9.97 Å². The average Bonchev–Trinajstić information content (AvgIpc) is 2.45. The topological polar surface area (TPSA) is 47.0 Å². The van der Waals surface area contributed by atoms with Crippen molar-refractivity contribution in [3.63, 3.8) is 0 Å². The number of rotatable bonds is 5. The minimum atomic E-state index is 0.373. The Hall–Kier alpha value is -1.81. The van der Waals surface area contributed by atoms with Crippen LogP contribution in [0.15, 0.2) is 18.3 Å². The lowest BCUT2D eigenvalue weighted by Gasteiger charge is -2.13. The third kappa shape index (κ3) is 3.85. The van der Waals surface area contributed by atoms with Crippen LogP contribution in [-0.2, 0) is 0 Å². The number of halogens is 1. The van der Waals surface area contributed by atoms with Gasteiger partial charge in [-0.1, -0.05) is 24.6 Å². The zero-order valence-electron chi connectivity index (χ0n) is 12.8. The second-order valence-electron chi connectivity index (χ2n) is 5.08. The Morgan fingerprint density at radius 1 is 1.24 bits per heavy atom. The first-order valence-electron chi connectivity index (χ1n) is 7.03. The summed E-state index contributed by atoms with van der Waals surface area (Å²) in [6, 6.07) is 4.11. The molecule has 0 saturated carbocycles. The highest BCUT2D eigenvalue weighted by atomic mass is 35.5. The van der Waals surface area contributed by atoms with E-state index < -0.39 is 0 Å². The van der Waals surface area contributed by atoms with Crippen LogP contribution in [-0.4, -0.2) is 16.5 Å². The molecule has 1 aromatic carbocycles. The van der Waals surface area contributed by atoms with Gasteiger partial charge in [-0.05, 0) is 49.9 Å². The third-order valence-corrected chi connectivity index (χ3v) is 3.47. The van der Waals surface area contributed by atoms with Gasteiger partial charge in [0, 0.05) is 6.54 Å². The molecule has 0 spiro atoms. The highest BCUT2D eigenvalue weighted by Gasteiger charge is 2.11. The van der Waals surface area contributed by atoms with Crippen molar-refractivity contribution < 1.29 is 4.74 Å². The number of hydrogen-bond acceptors (Lipinski definition) is 4. The standard InChI is InChI=1S/C16H20ClN3O/c1-5-6-18-16-19-9-13(17)15(20-16)21-14-8-10(2)7-11(3)12(14)4/h7-9H,5-6H2,1-4H3,(H,18,19,20). The number of benzene rings is 1. The molecule has 1 N–H and O–H groups in total. The second kappa shape index (κ2) is 6.76. The number of ether oxygens (including phenoxy) is 1. The lowest BCUT2D eigenvalue weighted by molar-refractivity contribution is 0.458. The van der Waals surface area contributed by atoms with E-state index in [-0.39, 0.29) is 0 Å². The van der Waals surface area contributed by atoms with E-state index in [1.807, 2.05) is 19.9 Å². The molecule has 0 radical (unpaired) electrons. The minimum Gasteiger partial charge on any atom is -0.437 e. The lowest BCUT2D eigenvalue weighted by Crippen LogP contribution is -2.05. The fourth-order valence-corrected chi connectivity index (χ4v) is 2.09. The molecule has 1 heterocycles. The Morgan fingerprint density at radius 3 is 2.71 bits per heavy atom. The van der Waals surface area contributed by atoms with Gasteiger partial charge in [0.15, 0.2) is 0 Å². The first-order chi connectivity index (χ1) is 10.0. The molecular formula is C16H20ClN3O. The molecule has 0 unspecified atom stereocenters. The SMILES string of the molecule is CCCNc1ncc(Cl)c(Oc2cc(C)cc(C)c2C)n1. The summed E-state index contributed by atoms with van der Waals surface area (Å²) in [5.74, 6) is 1.67. The third-order valence-electron chi connectivity index (χ3n) is 3.22. The summed E-state index contributed by atoms with van der Waals surface area (Å²) in [7, 11) is 0. The minimum absolute atomic E-state index is 0.373. The summed E-state index contributed by atoms with van der Waals surface area (Å²) < 4.78 is 5.90. The van der Waals surface area contributed by atoms with Crippen LogP contribution in [0.25, 0.3) is 0 Å². The first kappa shape index (κ1) is 15.6. The molecule has 0 aliphatic rings. The average molecular weight is 306 g/mol. The molecule has 0 amide bonds. The number of aromatic nitrogens is 2. The molecule has 112 valence electrons. The molecule has 0 saturated heterocycles. The van der Waals surface area contributed by atoms with Crippen molar-refractivity contribution in [3.05, 3.63) is 40.0 Å². The van der Waals surface area contributed by atoms with Gasteiger partial charge >= 0.3 is 0 Å². The molecule has 0 aliphatic carbocycles. The largest absolute Gasteiger partial charge is 0.437 e. The van der Waals surface area contributed by atoms with E-state index in [1.54, 1.807) is 6.20 Å². The Labute approximate surface area is 130 Å². The summed E-state index contributed by atoms with van der Waals surface area (Å²) in [5.41, 5.74) is 3.40. The van der Waals surface area contributed by atoms with Gasteiger partial charge in [0.25, 0.3) is 0 Å². The van der Waals surface area contributed by atoms with Crippen LogP contribution in [0.1, 0.15) is 30.0 Å². The number of anilines is 1. The molecule has 0 fully saturated rings. The summed E-state index contributed by atoms with van der Waals surface area (Å²) in [4.78, 5) is 8.47. The van der Waals surface area contributed by atoms with E-state index in [2.05, 4.69) is 35.2 Å². The van der Waals surface area contributed by atoms with Crippen LogP contribution in [0.3, 0.4) is 0 Å². The predicted octanol–water partition coefficient (Wildman–Crippen LogP) is 4.67. The number of hydrogen-bond donors (Lipinski definition) is 1. The van der Waals surface area contributed by atoms with Crippen LogP contribution < -0.4 is 10.1 Å². The van der Waals surface area contributed by atoms with Crippen LogP contribution in [0.5, 0.6) is 11.6 Å². The molecule has 21 heavy (non-hydrogen) atoms. The fraction of sp³-hybridized carbons (Fsp3) is 0.375. The maximum atomic E-state index is 6.13. The normalized spacial score (nSPS) is 10.5. The van der Waals surface area contributed by atoms with Crippen LogP contribution >= 0.6 is 11.6 Å². The Kier molecular flexibility index (Phi) is 5.02. The summed E-state index contributed by atoms with van der Waals surface area (Å²) in [6.45, 7) is 9.01. The fourth-order valence-electron chi connectivity index (χ4n) is 1.96. The van der Waals surface area contributed by atoms with Gasteiger partial charge in [-0.3, -0.25) is 0 Å². The molecule has 1 aromatic heterocycles. The van der Waals surface area contributed by atoms with Gasteiger partial charge < -0.3 is 10.1 Å². The molecule has 2 rings (SSSR count). The van der Waals surface area contributed by atoms with Gasteiger partial charge in [0.05, 0.1) is 6.20 Å². The molecule has 0 bridgehead atoms. The Bertz CT molecular complexity index is 644. The van der Waals surface area contributed by atoms with Gasteiger partial charge in [0.1, 0.15) is 10.8 Å². The number of nitrogens with one attached hydrogen (secondary N) is 1. The molecule has 4 nitrogen and oxygen atoms in total. The highest BCUT2D eigenvalue weighted by Crippen LogP contribution is 2.31. The van der Waals surface area contributed by atoms with Gasteiger partial charge in [0.2, 0.25) is 11.8 Å². The van der Waals surface area contributed by atoms with E-state index in [0.29, 0.717) is 16.9 Å². The maximum absolute atomic E-state index is 6.13. The van der Waals surface area contributed by atoms with E-state index in [4.69, 9.17) is 16.3 Å². The van der Waals surface area contributed by atoms with Crippen molar-refractivity contribution >= 4 is 17.5 Å². The Morgan fingerprint density at radius 2 is 2.00 bits per heavy atom. The molecule has 0 aliphatic heterocycles. The zero-order chi connectivity index (χ0) is 15.4. The van der Waals surface area contributed by atoms with Gasteiger partial charge in [-0.2, -0.15) is 4.98 Å². The van der Waals surface area contributed by atoms with Crippen molar-refractivity contribution in [2.75, 3.05) is 11.9 Å². The summed E-state index contributed by atoms with van der Waals surface area (Å²) in [5, 5.41) is 3.52. The van der Waals surface area contributed by atoms with Crippen molar-refractivity contribution in [2.45, 2.75) is 34.1 Å². The molecular weight excluding hydrogens is 286 g/mol. The van der Waals surface area contributed by atoms with Crippen molar-refractivity contribution in [1.29, 1.82) is 0 Å². The molecule has 5 heteroatoms. The molecule has 0 atom stereocenters. The summed E-state index contributed by atoms with van der Waals surface area (Å²) in [6.07, 6.45) is 2.55. The quantitative estimate of drug-likeness (QED) is 0.872. The number of aryl methyl sites for hydroxylation is 2. The molecule has 2 aromatic rings.